The SMILES string of the molecule is C=C(C)C(=O)NCC(CC)C(Cl)(CC)CC.N. The second-order valence-electron chi connectivity index (χ2n) is 4.34. The van der Waals surface area contributed by atoms with Gasteiger partial charge in [0.1, 0.15) is 0 Å². The maximum Gasteiger partial charge on any atom is 0.246 e. The molecule has 4 N–H and O–H groups in total. The molecule has 0 heterocycles. The van der Waals surface area contributed by atoms with E-state index in [1.165, 1.54) is 0 Å². The average molecular weight is 263 g/mol. The minimum Gasteiger partial charge on any atom is -0.352 e. The van der Waals surface area contributed by atoms with Gasteiger partial charge < -0.3 is 11.5 Å². The fourth-order valence-corrected chi connectivity index (χ4v) is 2.12. The van der Waals surface area contributed by atoms with E-state index in [4.69, 9.17) is 11.6 Å². The number of alkyl halides is 1. The van der Waals surface area contributed by atoms with Gasteiger partial charge in [-0.15, -0.1) is 11.6 Å². The second-order valence-corrected chi connectivity index (χ2v) is 5.09. The maximum atomic E-state index is 11.4. The highest BCUT2D eigenvalue weighted by Crippen LogP contribution is 2.34. The van der Waals surface area contributed by atoms with Crippen LogP contribution < -0.4 is 11.5 Å². The Morgan fingerprint density at radius 3 is 2.12 bits per heavy atom. The van der Waals surface area contributed by atoms with Crippen LogP contribution in [-0.4, -0.2) is 17.3 Å². The van der Waals surface area contributed by atoms with Crippen LogP contribution in [0, 0.1) is 5.92 Å². The first kappa shape index (κ1) is 18.8. The Hall–Kier alpha value is -0.540. The lowest BCUT2D eigenvalue weighted by atomic mass is 9.85. The molecule has 102 valence electrons. The van der Waals surface area contributed by atoms with Gasteiger partial charge in [-0.05, 0) is 32.1 Å². The van der Waals surface area contributed by atoms with Gasteiger partial charge in [0.25, 0.3) is 0 Å². The molecule has 4 heteroatoms. The first-order chi connectivity index (χ1) is 7.41. The third-order valence-corrected chi connectivity index (χ3v) is 4.14. The van der Waals surface area contributed by atoms with Gasteiger partial charge in [-0.1, -0.05) is 27.4 Å². The van der Waals surface area contributed by atoms with E-state index in [1.807, 2.05) is 0 Å². The van der Waals surface area contributed by atoms with Crippen LogP contribution in [0.3, 0.4) is 0 Å². The summed E-state index contributed by atoms with van der Waals surface area (Å²) in [4.78, 5) is 11.2. The number of nitrogens with one attached hydrogen (secondary N) is 1. The smallest absolute Gasteiger partial charge is 0.246 e. The largest absolute Gasteiger partial charge is 0.352 e. The van der Waals surface area contributed by atoms with Crippen LogP contribution >= 0.6 is 11.6 Å². The summed E-state index contributed by atoms with van der Waals surface area (Å²) < 4.78 is 0. The molecule has 3 nitrogen and oxygen atoms in total. The van der Waals surface area contributed by atoms with E-state index in [1.54, 1.807) is 6.92 Å². The van der Waals surface area contributed by atoms with E-state index in [2.05, 4.69) is 32.7 Å². The number of carbonyl (C=O) groups excluding carboxylic acids is 1. The van der Waals surface area contributed by atoms with Crippen molar-refractivity contribution in [2.45, 2.75) is 51.8 Å². The molecule has 0 spiro atoms. The predicted octanol–water partition coefficient (Wildman–Crippen LogP) is 3.66. The minimum absolute atomic E-state index is 0. The van der Waals surface area contributed by atoms with E-state index in [0.29, 0.717) is 18.0 Å². The van der Waals surface area contributed by atoms with Gasteiger partial charge >= 0.3 is 0 Å². The van der Waals surface area contributed by atoms with Crippen molar-refractivity contribution in [1.82, 2.24) is 11.5 Å². The molecule has 0 aliphatic heterocycles. The number of rotatable bonds is 7. The van der Waals surface area contributed by atoms with E-state index in [9.17, 15) is 4.79 Å². The third kappa shape index (κ3) is 5.55. The summed E-state index contributed by atoms with van der Waals surface area (Å²) >= 11 is 6.56. The molecule has 1 amide bonds. The van der Waals surface area contributed by atoms with Crippen molar-refractivity contribution in [3.8, 4) is 0 Å². The van der Waals surface area contributed by atoms with Gasteiger partial charge in [-0.2, -0.15) is 0 Å². The molecule has 0 saturated heterocycles. The summed E-state index contributed by atoms with van der Waals surface area (Å²) in [5.41, 5.74) is 0.544. The van der Waals surface area contributed by atoms with Gasteiger partial charge in [0.15, 0.2) is 0 Å². The summed E-state index contributed by atoms with van der Waals surface area (Å²) in [6.45, 7) is 12.3. The van der Waals surface area contributed by atoms with E-state index < -0.39 is 0 Å². The predicted molar refractivity (Wildman–Crippen MR) is 75.8 cm³/mol. The molecule has 0 aliphatic rings. The Labute approximate surface area is 111 Å². The second kappa shape index (κ2) is 8.54. The molecular weight excluding hydrogens is 236 g/mol. The Balaban J connectivity index is 0. The van der Waals surface area contributed by atoms with Gasteiger partial charge in [-0.25, -0.2) is 0 Å². The Kier molecular flexibility index (Phi) is 9.45. The van der Waals surface area contributed by atoms with Crippen molar-refractivity contribution < 1.29 is 4.79 Å². The summed E-state index contributed by atoms with van der Waals surface area (Å²) in [7, 11) is 0. The van der Waals surface area contributed by atoms with Crippen molar-refractivity contribution in [3.63, 3.8) is 0 Å². The number of hydrogen-bond acceptors (Lipinski definition) is 2. The fourth-order valence-electron chi connectivity index (χ4n) is 1.89. The molecule has 1 unspecified atom stereocenters. The van der Waals surface area contributed by atoms with Crippen LogP contribution in [0.25, 0.3) is 0 Å². The van der Waals surface area contributed by atoms with Crippen LogP contribution in [0.5, 0.6) is 0 Å². The van der Waals surface area contributed by atoms with Crippen LogP contribution in [0.15, 0.2) is 12.2 Å². The molecule has 0 fully saturated rings. The lowest BCUT2D eigenvalue weighted by molar-refractivity contribution is -0.117. The molecule has 0 saturated carbocycles. The summed E-state index contributed by atoms with van der Waals surface area (Å²) in [6.07, 6.45) is 2.82. The van der Waals surface area contributed by atoms with Gasteiger partial charge in [-0.3, -0.25) is 4.79 Å². The van der Waals surface area contributed by atoms with Crippen molar-refractivity contribution in [2.75, 3.05) is 6.54 Å². The highest BCUT2D eigenvalue weighted by molar-refractivity contribution is 6.24. The molecule has 0 rings (SSSR count). The number of hydrogen-bond donors (Lipinski definition) is 2. The lowest BCUT2D eigenvalue weighted by Crippen LogP contribution is -2.40. The van der Waals surface area contributed by atoms with Crippen molar-refractivity contribution >= 4 is 17.5 Å². The van der Waals surface area contributed by atoms with Crippen LogP contribution in [0.4, 0.5) is 0 Å². The Bertz CT molecular complexity index is 250. The molecule has 0 aromatic carbocycles. The Morgan fingerprint density at radius 2 is 1.82 bits per heavy atom. The molecule has 0 aliphatic carbocycles. The van der Waals surface area contributed by atoms with Gasteiger partial charge in [0.05, 0.1) is 0 Å². The molecular formula is C13H27ClN2O. The number of halogens is 1. The van der Waals surface area contributed by atoms with E-state index in [-0.39, 0.29) is 16.9 Å². The fraction of sp³-hybridized carbons (Fsp3) is 0.769. The third-order valence-electron chi connectivity index (χ3n) is 3.30. The molecule has 0 bridgehead atoms. The number of carbonyl (C=O) groups is 1. The highest BCUT2D eigenvalue weighted by Gasteiger charge is 2.32. The molecule has 0 aromatic rings. The van der Waals surface area contributed by atoms with Crippen molar-refractivity contribution in [3.05, 3.63) is 12.2 Å². The van der Waals surface area contributed by atoms with Crippen LogP contribution in [0.2, 0.25) is 0 Å². The minimum atomic E-state index is -0.197. The summed E-state index contributed by atoms with van der Waals surface area (Å²) in [6, 6.07) is 0. The monoisotopic (exact) mass is 262 g/mol. The van der Waals surface area contributed by atoms with Crippen LogP contribution in [0.1, 0.15) is 47.0 Å². The normalized spacial score (nSPS) is 12.5. The molecule has 0 aromatic heterocycles. The molecule has 0 radical (unpaired) electrons. The Morgan fingerprint density at radius 1 is 1.35 bits per heavy atom. The number of amides is 1. The summed E-state index contributed by atoms with van der Waals surface area (Å²) in [5.74, 6) is 0.233. The average Bonchev–Trinajstić information content (AvgIpc) is 2.28. The maximum absolute atomic E-state index is 11.4. The summed E-state index contributed by atoms with van der Waals surface area (Å²) in [5, 5.41) is 2.88. The quantitative estimate of drug-likeness (QED) is 0.543. The molecule has 1 atom stereocenters. The van der Waals surface area contributed by atoms with E-state index >= 15 is 0 Å². The highest BCUT2D eigenvalue weighted by atomic mass is 35.5. The van der Waals surface area contributed by atoms with Gasteiger partial charge in [0, 0.05) is 17.0 Å². The van der Waals surface area contributed by atoms with E-state index in [0.717, 1.165) is 19.3 Å². The topological polar surface area (TPSA) is 64.1 Å². The lowest BCUT2D eigenvalue weighted by Gasteiger charge is -2.33. The zero-order chi connectivity index (χ0) is 12.8. The molecule has 17 heavy (non-hydrogen) atoms. The van der Waals surface area contributed by atoms with Crippen molar-refractivity contribution in [2.24, 2.45) is 5.92 Å². The zero-order valence-electron chi connectivity index (χ0n) is 11.6. The zero-order valence-corrected chi connectivity index (χ0v) is 12.4. The van der Waals surface area contributed by atoms with Crippen LogP contribution in [-0.2, 0) is 4.79 Å². The standard InChI is InChI=1S/C13H24ClNO.H3N/c1-6-11(13(14,7-2)8-3)9-15-12(16)10(4)5;/h11H,4,6-9H2,1-3,5H3,(H,15,16);1H3. The van der Waals surface area contributed by atoms with Gasteiger partial charge in [0.2, 0.25) is 5.91 Å². The first-order valence-electron chi connectivity index (χ1n) is 6.03. The first-order valence-corrected chi connectivity index (χ1v) is 6.41. The van der Waals surface area contributed by atoms with Crippen molar-refractivity contribution in [1.29, 1.82) is 0 Å².